The van der Waals surface area contributed by atoms with Gasteiger partial charge in [0.1, 0.15) is 5.69 Å². The van der Waals surface area contributed by atoms with Crippen molar-refractivity contribution >= 4 is 15.7 Å². The van der Waals surface area contributed by atoms with Crippen LogP contribution >= 0.6 is 0 Å². The number of amides is 1. The van der Waals surface area contributed by atoms with E-state index in [2.05, 4.69) is 5.10 Å². The van der Waals surface area contributed by atoms with Crippen molar-refractivity contribution in [2.45, 2.75) is 12.7 Å². The summed E-state index contributed by atoms with van der Waals surface area (Å²) in [5.41, 5.74) is -1.89. The third kappa shape index (κ3) is 5.79. The lowest BCUT2D eigenvalue weighted by Crippen LogP contribution is -2.45. The minimum Gasteiger partial charge on any atom is -0.332 e. The summed E-state index contributed by atoms with van der Waals surface area (Å²) in [4.78, 5) is 15.6. The molecule has 2 aromatic rings. The lowest BCUT2D eigenvalue weighted by Gasteiger charge is -2.30. The molecule has 0 radical (unpaired) electrons. The van der Waals surface area contributed by atoms with Gasteiger partial charge >= 0.3 is 6.18 Å². The van der Waals surface area contributed by atoms with E-state index in [9.17, 15) is 35.2 Å². The van der Waals surface area contributed by atoms with E-state index in [1.807, 2.05) is 0 Å². The fourth-order valence-corrected chi connectivity index (χ4v) is 4.38. The average molecular weight is 466 g/mol. The zero-order valence-electron chi connectivity index (χ0n) is 16.1. The van der Waals surface area contributed by atoms with Gasteiger partial charge in [0.2, 0.25) is 0 Å². The monoisotopic (exact) mass is 466 g/mol. The van der Waals surface area contributed by atoms with Gasteiger partial charge in [-0.2, -0.15) is 18.3 Å². The minimum atomic E-state index is -4.73. The predicted molar refractivity (Wildman–Crippen MR) is 99.8 cm³/mol. The van der Waals surface area contributed by atoms with Crippen LogP contribution in [-0.4, -0.2) is 72.0 Å². The number of hydrogen-bond acceptors (Lipinski definition) is 5. The first kappa shape index (κ1) is 23.1. The SMILES string of the molecule is O=C(c1cc(C(F)(F)F)[nH]n1)N(CCN1CCS(=O)(=O)CC1)Cc1cccc(F)c1F. The number of benzene rings is 1. The van der Waals surface area contributed by atoms with E-state index in [1.54, 1.807) is 10.00 Å². The summed E-state index contributed by atoms with van der Waals surface area (Å²) in [7, 11) is -3.12. The first-order valence-corrected chi connectivity index (χ1v) is 11.1. The summed E-state index contributed by atoms with van der Waals surface area (Å²) in [6, 6.07) is 3.97. The Morgan fingerprint density at radius 2 is 1.87 bits per heavy atom. The number of rotatable bonds is 6. The number of carbonyl (C=O) groups excluding carboxylic acids is 1. The number of hydrogen-bond donors (Lipinski definition) is 1. The molecule has 1 saturated heterocycles. The highest BCUT2D eigenvalue weighted by atomic mass is 32.2. The first-order chi connectivity index (χ1) is 14.5. The minimum absolute atomic E-state index is 0.0478. The summed E-state index contributed by atoms with van der Waals surface area (Å²) in [5, 5.41) is 5.15. The lowest BCUT2D eigenvalue weighted by atomic mass is 10.1. The fraction of sp³-hybridized carbons (Fsp3) is 0.444. The number of carbonyl (C=O) groups is 1. The largest absolute Gasteiger partial charge is 0.432 e. The fourth-order valence-electron chi connectivity index (χ4n) is 3.10. The molecule has 0 unspecified atom stereocenters. The van der Waals surface area contributed by atoms with Crippen molar-refractivity contribution in [1.82, 2.24) is 20.0 Å². The molecule has 0 atom stereocenters. The van der Waals surface area contributed by atoms with Crippen LogP contribution in [0.25, 0.3) is 0 Å². The zero-order chi connectivity index (χ0) is 22.8. The Labute approximate surface area is 174 Å². The molecule has 1 aliphatic rings. The molecule has 2 heterocycles. The van der Waals surface area contributed by atoms with Gasteiger partial charge in [0.15, 0.2) is 27.2 Å². The molecular weight excluding hydrogens is 447 g/mol. The van der Waals surface area contributed by atoms with Crippen molar-refractivity contribution < 1.29 is 35.2 Å². The molecule has 1 fully saturated rings. The molecule has 7 nitrogen and oxygen atoms in total. The van der Waals surface area contributed by atoms with Gasteiger partial charge in [0.25, 0.3) is 5.91 Å². The van der Waals surface area contributed by atoms with E-state index >= 15 is 0 Å². The standard InChI is InChI=1S/C18H19F5N4O3S/c19-13-3-1-2-12(16(13)20)11-27(5-4-26-6-8-31(29,30)9-7-26)17(28)14-10-15(25-24-14)18(21,22)23/h1-3,10H,4-9,11H2,(H,24,25). The number of sulfone groups is 1. The van der Waals surface area contributed by atoms with Crippen LogP contribution in [0.2, 0.25) is 0 Å². The highest BCUT2D eigenvalue weighted by Crippen LogP contribution is 2.28. The molecule has 1 amide bonds. The maximum Gasteiger partial charge on any atom is 0.432 e. The first-order valence-electron chi connectivity index (χ1n) is 9.24. The van der Waals surface area contributed by atoms with Gasteiger partial charge in [-0.15, -0.1) is 0 Å². The third-order valence-electron chi connectivity index (χ3n) is 4.91. The lowest BCUT2D eigenvalue weighted by molar-refractivity contribution is -0.141. The summed E-state index contributed by atoms with van der Waals surface area (Å²) in [6.07, 6.45) is -4.73. The Morgan fingerprint density at radius 1 is 1.19 bits per heavy atom. The number of nitrogens with one attached hydrogen (secondary N) is 1. The van der Waals surface area contributed by atoms with Crippen LogP contribution in [0, 0.1) is 11.6 Å². The second kappa shape index (κ2) is 8.91. The summed E-state index contributed by atoms with van der Waals surface area (Å²) in [5.74, 6) is -3.28. The van der Waals surface area contributed by atoms with Crippen molar-refractivity contribution in [3.05, 3.63) is 52.9 Å². The normalized spacial score (nSPS) is 16.9. The molecule has 31 heavy (non-hydrogen) atoms. The van der Waals surface area contributed by atoms with E-state index in [4.69, 9.17) is 0 Å². The van der Waals surface area contributed by atoms with Crippen molar-refractivity contribution in [2.24, 2.45) is 0 Å². The Balaban J connectivity index is 1.79. The molecule has 0 spiro atoms. The van der Waals surface area contributed by atoms with Crippen LogP contribution in [0.3, 0.4) is 0 Å². The molecule has 13 heteroatoms. The van der Waals surface area contributed by atoms with E-state index in [1.165, 1.54) is 12.1 Å². The third-order valence-corrected chi connectivity index (χ3v) is 6.51. The highest BCUT2D eigenvalue weighted by Gasteiger charge is 2.34. The molecule has 3 rings (SSSR count). The van der Waals surface area contributed by atoms with Gasteiger partial charge in [-0.25, -0.2) is 17.2 Å². The highest BCUT2D eigenvalue weighted by molar-refractivity contribution is 7.91. The van der Waals surface area contributed by atoms with Crippen LogP contribution in [0.5, 0.6) is 0 Å². The second-order valence-corrected chi connectivity index (χ2v) is 9.40. The van der Waals surface area contributed by atoms with Crippen molar-refractivity contribution in [3.63, 3.8) is 0 Å². The topological polar surface area (TPSA) is 86.4 Å². The van der Waals surface area contributed by atoms with E-state index < -0.39 is 51.5 Å². The van der Waals surface area contributed by atoms with E-state index in [0.717, 1.165) is 11.0 Å². The molecule has 1 aliphatic heterocycles. The van der Waals surface area contributed by atoms with Gasteiger partial charge < -0.3 is 4.90 Å². The number of alkyl halides is 3. The number of aromatic nitrogens is 2. The number of nitrogens with zero attached hydrogens (tertiary/aromatic N) is 3. The van der Waals surface area contributed by atoms with E-state index in [-0.39, 0.29) is 43.2 Å². The summed E-state index contributed by atoms with van der Waals surface area (Å²) in [6.45, 7) is 0.221. The molecule has 1 N–H and O–H groups in total. The Kier molecular flexibility index (Phi) is 6.65. The van der Waals surface area contributed by atoms with Gasteiger partial charge in [0, 0.05) is 44.4 Å². The quantitative estimate of drug-likeness (QED) is 0.659. The van der Waals surface area contributed by atoms with Crippen molar-refractivity contribution in [2.75, 3.05) is 37.7 Å². The number of aromatic amines is 1. The summed E-state index contributed by atoms with van der Waals surface area (Å²) >= 11 is 0. The van der Waals surface area contributed by atoms with Crippen LogP contribution in [0.15, 0.2) is 24.3 Å². The molecule has 1 aromatic carbocycles. The van der Waals surface area contributed by atoms with Gasteiger partial charge in [-0.1, -0.05) is 12.1 Å². The van der Waals surface area contributed by atoms with Crippen molar-refractivity contribution in [1.29, 1.82) is 0 Å². The molecular formula is C18H19F5N4O3S. The molecule has 1 aromatic heterocycles. The molecule has 0 saturated carbocycles. The van der Waals surface area contributed by atoms with Gasteiger partial charge in [-0.05, 0) is 6.07 Å². The van der Waals surface area contributed by atoms with Crippen LogP contribution in [-0.2, 0) is 22.6 Å². The Hall–Kier alpha value is -2.54. The van der Waals surface area contributed by atoms with Gasteiger partial charge in [0.05, 0.1) is 11.5 Å². The molecule has 0 aliphatic carbocycles. The number of H-pyrrole nitrogens is 1. The van der Waals surface area contributed by atoms with E-state index in [0.29, 0.717) is 6.07 Å². The predicted octanol–water partition coefficient (Wildman–Crippen LogP) is 2.08. The number of halogens is 5. The maximum atomic E-state index is 14.1. The average Bonchev–Trinajstić information content (AvgIpc) is 3.19. The van der Waals surface area contributed by atoms with Crippen LogP contribution in [0.4, 0.5) is 22.0 Å². The smallest absolute Gasteiger partial charge is 0.332 e. The maximum absolute atomic E-state index is 14.1. The Morgan fingerprint density at radius 3 is 2.48 bits per heavy atom. The van der Waals surface area contributed by atoms with Crippen LogP contribution < -0.4 is 0 Å². The molecule has 0 bridgehead atoms. The van der Waals surface area contributed by atoms with Crippen molar-refractivity contribution in [3.8, 4) is 0 Å². The second-order valence-electron chi connectivity index (χ2n) is 7.10. The Bertz CT molecular complexity index is 1040. The van der Waals surface area contributed by atoms with Crippen LogP contribution in [0.1, 0.15) is 21.7 Å². The zero-order valence-corrected chi connectivity index (χ0v) is 16.9. The van der Waals surface area contributed by atoms with Gasteiger partial charge in [-0.3, -0.25) is 14.8 Å². The summed E-state index contributed by atoms with van der Waals surface area (Å²) < 4.78 is 89.2. The molecule has 170 valence electrons.